The van der Waals surface area contributed by atoms with Crippen molar-refractivity contribution in [1.82, 2.24) is 14.8 Å². The molecule has 0 saturated carbocycles. The van der Waals surface area contributed by atoms with Crippen LogP contribution in [0.15, 0.2) is 24.7 Å². The average Bonchev–Trinajstić information content (AvgIpc) is 2.61. The summed E-state index contributed by atoms with van der Waals surface area (Å²) >= 11 is 0. The molecule has 0 fully saturated rings. The first-order valence-electron chi connectivity index (χ1n) is 4.55. The lowest BCUT2D eigenvalue weighted by Crippen LogP contribution is -2.36. The highest BCUT2D eigenvalue weighted by molar-refractivity contribution is 5.82. The zero-order valence-electron chi connectivity index (χ0n) is 8.51. The molecule has 5 nitrogen and oxygen atoms in total. The summed E-state index contributed by atoms with van der Waals surface area (Å²) in [6.07, 6.45) is 4.90. The van der Waals surface area contributed by atoms with Gasteiger partial charge in [0.05, 0.1) is 11.7 Å². The molecule has 0 spiro atoms. The van der Waals surface area contributed by atoms with Crippen LogP contribution >= 0.6 is 0 Å². The lowest BCUT2D eigenvalue weighted by Gasteiger charge is -2.20. The van der Waals surface area contributed by atoms with Crippen LogP contribution in [0.5, 0.6) is 0 Å². The number of carbonyl (C=O) groups is 1. The maximum atomic E-state index is 11.1. The Morgan fingerprint density at radius 1 is 1.47 bits per heavy atom. The van der Waals surface area contributed by atoms with Crippen molar-refractivity contribution >= 4 is 16.9 Å². The molecule has 2 aromatic rings. The van der Waals surface area contributed by atoms with E-state index in [0.29, 0.717) is 0 Å². The highest BCUT2D eigenvalue weighted by atomic mass is 16.4. The molecule has 2 heterocycles. The first kappa shape index (κ1) is 9.64. The third-order valence-electron chi connectivity index (χ3n) is 2.42. The molecule has 2 rings (SSSR count). The predicted molar refractivity (Wildman–Crippen MR) is 54.5 cm³/mol. The van der Waals surface area contributed by atoms with E-state index in [1.54, 1.807) is 38.5 Å². The molecule has 15 heavy (non-hydrogen) atoms. The Balaban J connectivity index is 2.67. The number of nitrogens with zero attached hydrogens (tertiary/aromatic N) is 3. The van der Waals surface area contributed by atoms with E-state index in [1.165, 1.54) is 4.68 Å². The summed E-state index contributed by atoms with van der Waals surface area (Å²) in [7, 11) is 0. The molecule has 5 heteroatoms. The first-order valence-corrected chi connectivity index (χ1v) is 4.55. The summed E-state index contributed by atoms with van der Waals surface area (Å²) in [5.41, 5.74) is -0.277. The van der Waals surface area contributed by atoms with Crippen LogP contribution in [0.2, 0.25) is 0 Å². The van der Waals surface area contributed by atoms with Crippen molar-refractivity contribution in [3.63, 3.8) is 0 Å². The molecule has 0 atom stereocenters. The van der Waals surface area contributed by atoms with Crippen LogP contribution in [-0.4, -0.2) is 25.8 Å². The quantitative estimate of drug-likeness (QED) is 0.801. The van der Waals surface area contributed by atoms with Crippen LogP contribution < -0.4 is 0 Å². The number of aliphatic carboxylic acids is 1. The number of aromatic nitrogens is 3. The lowest BCUT2D eigenvalue weighted by atomic mass is 10.1. The summed E-state index contributed by atoms with van der Waals surface area (Å²) in [5.74, 6) is -0.913. The first-order chi connectivity index (χ1) is 7.03. The molecule has 0 bridgehead atoms. The van der Waals surface area contributed by atoms with Crippen molar-refractivity contribution in [2.75, 3.05) is 0 Å². The van der Waals surface area contributed by atoms with E-state index >= 15 is 0 Å². The summed E-state index contributed by atoms with van der Waals surface area (Å²) in [5, 5.41) is 14.0. The number of rotatable bonds is 2. The summed E-state index contributed by atoms with van der Waals surface area (Å²) in [6, 6.07) is 1.76. The molecule has 78 valence electrons. The van der Waals surface area contributed by atoms with Gasteiger partial charge in [-0.3, -0.25) is 4.98 Å². The second kappa shape index (κ2) is 3.05. The van der Waals surface area contributed by atoms with Gasteiger partial charge in [-0.2, -0.15) is 5.10 Å². The van der Waals surface area contributed by atoms with Gasteiger partial charge >= 0.3 is 5.97 Å². The van der Waals surface area contributed by atoms with E-state index in [-0.39, 0.29) is 0 Å². The van der Waals surface area contributed by atoms with E-state index in [1.807, 2.05) is 0 Å². The Morgan fingerprint density at radius 3 is 2.87 bits per heavy atom. The lowest BCUT2D eigenvalue weighted by molar-refractivity contribution is -0.146. The van der Waals surface area contributed by atoms with Gasteiger partial charge in [0, 0.05) is 17.8 Å². The van der Waals surface area contributed by atoms with E-state index in [4.69, 9.17) is 5.11 Å². The maximum absolute atomic E-state index is 11.1. The molecule has 0 amide bonds. The van der Waals surface area contributed by atoms with E-state index < -0.39 is 11.5 Å². The Labute approximate surface area is 86.4 Å². The number of carboxylic acids is 1. The standard InChI is InChI=1S/C10H11N3O2/c1-10(2,9(14)15)13-8-3-4-11-5-7(8)6-12-13/h3-6H,1-2H3,(H,14,15). The van der Waals surface area contributed by atoms with Crippen molar-refractivity contribution in [3.8, 4) is 0 Å². The highest BCUT2D eigenvalue weighted by Crippen LogP contribution is 2.21. The fraction of sp³-hybridized carbons (Fsp3) is 0.300. The van der Waals surface area contributed by atoms with Crippen molar-refractivity contribution in [1.29, 1.82) is 0 Å². The minimum atomic E-state index is -1.05. The number of hydrogen-bond acceptors (Lipinski definition) is 3. The van der Waals surface area contributed by atoms with Gasteiger partial charge in [-0.05, 0) is 19.9 Å². The third kappa shape index (κ3) is 1.36. The van der Waals surface area contributed by atoms with Gasteiger partial charge in [0.25, 0.3) is 0 Å². The fourth-order valence-corrected chi connectivity index (χ4v) is 1.41. The normalized spacial score (nSPS) is 11.9. The molecule has 0 aromatic carbocycles. The average molecular weight is 205 g/mol. The monoisotopic (exact) mass is 205 g/mol. The Bertz CT molecular complexity index is 516. The molecule has 0 unspecified atom stereocenters. The third-order valence-corrected chi connectivity index (χ3v) is 2.42. The number of carboxylic acid groups (broad SMARTS) is 1. The minimum Gasteiger partial charge on any atom is -0.479 e. The minimum absolute atomic E-state index is 0.775. The zero-order chi connectivity index (χ0) is 11.1. The van der Waals surface area contributed by atoms with Crippen LogP contribution in [0.25, 0.3) is 10.9 Å². The van der Waals surface area contributed by atoms with Crippen molar-refractivity contribution in [2.24, 2.45) is 0 Å². The Kier molecular flexibility index (Phi) is 1.96. The topological polar surface area (TPSA) is 68.0 Å². The van der Waals surface area contributed by atoms with Crippen LogP contribution in [0, 0.1) is 0 Å². The van der Waals surface area contributed by atoms with Gasteiger partial charge in [0.2, 0.25) is 0 Å². The molecular weight excluding hydrogens is 194 g/mol. The maximum Gasteiger partial charge on any atom is 0.331 e. The Hall–Kier alpha value is -1.91. The van der Waals surface area contributed by atoms with Gasteiger partial charge in [-0.1, -0.05) is 0 Å². The predicted octanol–water partition coefficient (Wildman–Crippen LogP) is 1.25. The number of pyridine rings is 1. The molecule has 2 aromatic heterocycles. The Morgan fingerprint density at radius 2 is 2.20 bits per heavy atom. The van der Waals surface area contributed by atoms with Gasteiger partial charge in [-0.25, -0.2) is 9.48 Å². The highest BCUT2D eigenvalue weighted by Gasteiger charge is 2.31. The van der Waals surface area contributed by atoms with Crippen molar-refractivity contribution in [2.45, 2.75) is 19.4 Å². The second-order valence-corrected chi connectivity index (χ2v) is 3.86. The zero-order valence-corrected chi connectivity index (χ0v) is 8.51. The van der Waals surface area contributed by atoms with Gasteiger partial charge in [0.15, 0.2) is 5.54 Å². The van der Waals surface area contributed by atoms with Crippen molar-refractivity contribution in [3.05, 3.63) is 24.7 Å². The smallest absolute Gasteiger partial charge is 0.331 e. The largest absolute Gasteiger partial charge is 0.479 e. The van der Waals surface area contributed by atoms with Crippen LogP contribution in [0.3, 0.4) is 0 Å². The van der Waals surface area contributed by atoms with E-state index in [2.05, 4.69) is 10.1 Å². The summed E-state index contributed by atoms with van der Waals surface area (Å²) in [4.78, 5) is 15.0. The molecule has 0 radical (unpaired) electrons. The SMILES string of the molecule is CC(C)(C(=O)O)n1ncc2cnccc21. The molecule has 0 aliphatic rings. The van der Waals surface area contributed by atoms with Crippen LogP contribution in [0.4, 0.5) is 0 Å². The van der Waals surface area contributed by atoms with Crippen molar-refractivity contribution < 1.29 is 9.90 Å². The summed E-state index contributed by atoms with van der Waals surface area (Å²) in [6.45, 7) is 3.23. The van der Waals surface area contributed by atoms with Crippen LogP contribution in [0.1, 0.15) is 13.8 Å². The molecule has 0 saturated heterocycles. The molecule has 0 aliphatic heterocycles. The van der Waals surface area contributed by atoms with Crippen LogP contribution in [-0.2, 0) is 10.3 Å². The van der Waals surface area contributed by atoms with Gasteiger partial charge in [0.1, 0.15) is 0 Å². The number of fused-ring (bicyclic) bond motifs is 1. The van der Waals surface area contributed by atoms with E-state index in [0.717, 1.165) is 10.9 Å². The van der Waals surface area contributed by atoms with E-state index in [9.17, 15) is 4.79 Å². The van der Waals surface area contributed by atoms with Gasteiger partial charge < -0.3 is 5.11 Å². The molecule has 1 N–H and O–H groups in total. The molecular formula is C10H11N3O2. The second-order valence-electron chi connectivity index (χ2n) is 3.86. The summed E-state index contributed by atoms with van der Waals surface area (Å²) < 4.78 is 1.49. The molecule has 0 aliphatic carbocycles. The van der Waals surface area contributed by atoms with Gasteiger partial charge in [-0.15, -0.1) is 0 Å². The number of hydrogen-bond donors (Lipinski definition) is 1. The fourth-order valence-electron chi connectivity index (χ4n) is 1.41.